The number of carbonyl (C=O) groups is 1. The molecule has 0 unspecified atom stereocenters. The van der Waals surface area contributed by atoms with Crippen LogP contribution in [-0.4, -0.2) is 33.9 Å². The van der Waals surface area contributed by atoms with Gasteiger partial charge in [-0.3, -0.25) is 14.8 Å². The number of hydrogen-bond donors (Lipinski definition) is 0. The number of aryl methyl sites for hydroxylation is 1. The van der Waals surface area contributed by atoms with Crippen molar-refractivity contribution in [2.75, 3.05) is 13.1 Å². The van der Waals surface area contributed by atoms with Crippen molar-refractivity contribution in [3.8, 4) is 0 Å². The molecule has 1 aliphatic rings. The van der Waals surface area contributed by atoms with Gasteiger partial charge in [-0.25, -0.2) is 0 Å². The van der Waals surface area contributed by atoms with Gasteiger partial charge in [-0.15, -0.1) is 0 Å². The SMILES string of the molecule is Cc1ccc(C(=O)N2CC[C@H](Cc3ccnc4ccccc34)C2)cn1. The molecule has 0 bridgehead atoms. The van der Waals surface area contributed by atoms with E-state index < -0.39 is 0 Å². The Bertz CT molecular complexity index is 899. The molecular formula is C21H21N3O. The Labute approximate surface area is 147 Å². The Morgan fingerprint density at radius 1 is 1.16 bits per heavy atom. The highest BCUT2D eigenvalue weighted by molar-refractivity contribution is 5.94. The molecule has 0 N–H and O–H groups in total. The number of para-hydroxylation sites is 1. The van der Waals surface area contributed by atoms with Gasteiger partial charge < -0.3 is 4.90 Å². The zero-order chi connectivity index (χ0) is 17.2. The van der Waals surface area contributed by atoms with Gasteiger partial charge in [0.2, 0.25) is 0 Å². The molecule has 1 atom stereocenters. The summed E-state index contributed by atoms with van der Waals surface area (Å²) in [6.45, 7) is 3.56. The number of pyridine rings is 2. The number of rotatable bonds is 3. The van der Waals surface area contributed by atoms with Crippen molar-refractivity contribution in [2.24, 2.45) is 5.92 Å². The Morgan fingerprint density at radius 3 is 2.88 bits per heavy atom. The molecule has 1 aromatic carbocycles. The minimum absolute atomic E-state index is 0.0922. The highest BCUT2D eigenvalue weighted by Crippen LogP contribution is 2.25. The number of fused-ring (bicyclic) bond motifs is 1. The van der Waals surface area contributed by atoms with E-state index in [0.717, 1.165) is 37.1 Å². The molecule has 25 heavy (non-hydrogen) atoms. The maximum Gasteiger partial charge on any atom is 0.255 e. The van der Waals surface area contributed by atoms with Gasteiger partial charge in [-0.05, 0) is 55.5 Å². The Hall–Kier alpha value is -2.75. The molecule has 3 aromatic rings. The van der Waals surface area contributed by atoms with Gasteiger partial charge in [0.1, 0.15) is 0 Å². The van der Waals surface area contributed by atoms with Crippen molar-refractivity contribution in [3.05, 3.63) is 71.7 Å². The lowest BCUT2D eigenvalue weighted by atomic mass is 9.96. The first-order valence-corrected chi connectivity index (χ1v) is 8.75. The van der Waals surface area contributed by atoms with E-state index in [9.17, 15) is 4.79 Å². The van der Waals surface area contributed by atoms with E-state index in [2.05, 4.69) is 28.2 Å². The Kier molecular flexibility index (Phi) is 4.18. The molecule has 1 aliphatic heterocycles. The van der Waals surface area contributed by atoms with Crippen molar-refractivity contribution in [1.29, 1.82) is 0 Å². The predicted octanol–water partition coefficient (Wildman–Crippen LogP) is 3.64. The van der Waals surface area contributed by atoms with Crippen LogP contribution in [0.4, 0.5) is 0 Å². The second kappa shape index (κ2) is 6.63. The van der Waals surface area contributed by atoms with Crippen LogP contribution in [-0.2, 0) is 6.42 Å². The topological polar surface area (TPSA) is 46.1 Å². The first-order chi connectivity index (χ1) is 12.2. The number of aromatic nitrogens is 2. The third-order valence-electron chi connectivity index (χ3n) is 4.98. The monoisotopic (exact) mass is 331 g/mol. The van der Waals surface area contributed by atoms with Crippen LogP contribution >= 0.6 is 0 Å². The van der Waals surface area contributed by atoms with Crippen molar-refractivity contribution >= 4 is 16.8 Å². The summed E-state index contributed by atoms with van der Waals surface area (Å²) < 4.78 is 0. The first-order valence-electron chi connectivity index (χ1n) is 8.75. The van der Waals surface area contributed by atoms with E-state index in [-0.39, 0.29) is 5.91 Å². The lowest BCUT2D eigenvalue weighted by molar-refractivity contribution is 0.0786. The third-order valence-corrected chi connectivity index (χ3v) is 4.98. The van der Waals surface area contributed by atoms with Crippen molar-refractivity contribution in [2.45, 2.75) is 19.8 Å². The van der Waals surface area contributed by atoms with E-state index >= 15 is 0 Å². The molecule has 126 valence electrons. The van der Waals surface area contributed by atoms with Gasteiger partial charge in [0.15, 0.2) is 0 Å². The minimum Gasteiger partial charge on any atom is -0.338 e. The zero-order valence-corrected chi connectivity index (χ0v) is 14.4. The zero-order valence-electron chi connectivity index (χ0n) is 14.4. The molecule has 1 fully saturated rings. The van der Waals surface area contributed by atoms with Crippen LogP contribution in [0.15, 0.2) is 54.9 Å². The number of amides is 1. The summed E-state index contributed by atoms with van der Waals surface area (Å²) in [6, 6.07) is 14.1. The molecule has 4 rings (SSSR count). The van der Waals surface area contributed by atoms with Gasteiger partial charge in [0.05, 0.1) is 11.1 Å². The average Bonchev–Trinajstić information content (AvgIpc) is 3.11. The van der Waals surface area contributed by atoms with Crippen molar-refractivity contribution in [3.63, 3.8) is 0 Å². The van der Waals surface area contributed by atoms with Crippen LogP contribution < -0.4 is 0 Å². The van der Waals surface area contributed by atoms with Gasteiger partial charge in [-0.2, -0.15) is 0 Å². The summed E-state index contributed by atoms with van der Waals surface area (Å²) >= 11 is 0. The molecule has 2 aromatic heterocycles. The summed E-state index contributed by atoms with van der Waals surface area (Å²) in [5.41, 5.74) is 3.97. The van der Waals surface area contributed by atoms with E-state index in [4.69, 9.17) is 0 Å². The summed E-state index contributed by atoms with van der Waals surface area (Å²) in [6.07, 6.45) is 5.59. The minimum atomic E-state index is 0.0922. The normalized spacial score (nSPS) is 17.2. The van der Waals surface area contributed by atoms with Gasteiger partial charge >= 0.3 is 0 Å². The fourth-order valence-corrected chi connectivity index (χ4v) is 3.60. The van der Waals surface area contributed by atoms with E-state index in [1.54, 1.807) is 6.20 Å². The van der Waals surface area contributed by atoms with Crippen LogP contribution in [0.5, 0.6) is 0 Å². The number of benzene rings is 1. The van der Waals surface area contributed by atoms with Crippen molar-refractivity contribution in [1.82, 2.24) is 14.9 Å². The molecule has 0 spiro atoms. The summed E-state index contributed by atoms with van der Waals surface area (Å²) in [7, 11) is 0. The fourth-order valence-electron chi connectivity index (χ4n) is 3.60. The second-order valence-electron chi connectivity index (χ2n) is 6.79. The molecule has 1 amide bonds. The van der Waals surface area contributed by atoms with Crippen molar-refractivity contribution < 1.29 is 4.79 Å². The second-order valence-corrected chi connectivity index (χ2v) is 6.79. The van der Waals surface area contributed by atoms with Crippen LogP contribution in [0.25, 0.3) is 10.9 Å². The van der Waals surface area contributed by atoms with Crippen LogP contribution in [0.2, 0.25) is 0 Å². The Balaban J connectivity index is 1.47. The number of likely N-dealkylation sites (tertiary alicyclic amines) is 1. The maximum atomic E-state index is 12.6. The molecule has 4 heteroatoms. The smallest absolute Gasteiger partial charge is 0.255 e. The summed E-state index contributed by atoms with van der Waals surface area (Å²) in [4.78, 5) is 23.3. The molecule has 1 saturated heterocycles. The first kappa shape index (κ1) is 15.8. The standard InChI is InChI=1S/C21H21N3O/c1-15-6-7-18(13-23-15)21(25)24-11-9-16(14-24)12-17-8-10-22-20-5-3-2-4-19(17)20/h2-8,10,13,16H,9,11-12,14H2,1H3/t16-/m1/s1. The molecular weight excluding hydrogens is 310 g/mol. The van der Waals surface area contributed by atoms with E-state index in [0.29, 0.717) is 11.5 Å². The fraction of sp³-hybridized carbons (Fsp3) is 0.286. The number of hydrogen-bond acceptors (Lipinski definition) is 3. The predicted molar refractivity (Wildman–Crippen MR) is 98.4 cm³/mol. The van der Waals surface area contributed by atoms with Gasteiger partial charge in [0.25, 0.3) is 5.91 Å². The van der Waals surface area contributed by atoms with Crippen LogP contribution in [0.1, 0.15) is 28.0 Å². The summed E-state index contributed by atoms with van der Waals surface area (Å²) in [5, 5.41) is 1.22. The van der Waals surface area contributed by atoms with Gasteiger partial charge in [-0.1, -0.05) is 18.2 Å². The maximum absolute atomic E-state index is 12.6. The van der Waals surface area contributed by atoms with E-state index in [1.807, 2.05) is 42.3 Å². The average molecular weight is 331 g/mol. The lowest BCUT2D eigenvalue weighted by Gasteiger charge is -2.17. The molecule has 0 aliphatic carbocycles. The van der Waals surface area contributed by atoms with E-state index in [1.165, 1.54) is 10.9 Å². The molecule has 0 radical (unpaired) electrons. The number of nitrogens with zero attached hydrogens (tertiary/aromatic N) is 3. The quantitative estimate of drug-likeness (QED) is 0.736. The third kappa shape index (κ3) is 3.25. The van der Waals surface area contributed by atoms with Crippen LogP contribution in [0, 0.1) is 12.8 Å². The lowest BCUT2D eigenvalue weighted by Crippen LogP contribution is -2.29. The number of carbonyl (C=O) groups excluding carboxylic acids is 1. The molecule has 3 heterocycles. The van der Waals surface area contributed by atoms with Crippen LogP contribution in [0.3, 0.4) is 0 Å². The highest BCUT2D eigenvalue weighted by Gasteiger charge is 2.27. The molecule has 0 saturated carbocycles. The largest absolute Gasteiger partial charge is 0.338 e. The highest BCUT2D eigenvalue weighted by atomic mass is 16.2. The van der Waals surface area contributed by atoms with Gasteiger partial charge in [0, 0.05) is 36.6 Å². The summed E-state index contributed by atoms with van der Waals surface area (Å²) in [5.74, 6) is 0.586. The Morgan fingerprint density at radius 2 is 2.04 bits per heavy atom. The molecule has 4 nitrogen and oxygen atoms in total.